The van der Waals surface area contributed by atoms with E-state index in [1.807, 2.05) is 13.0 Å². The molecule has 0 aliphatic heterocycles. The minimum Gasteiger partial charge on any atom is -0.490 e. The summed E-state index contributed by atoms with van der Waals surface area (Å²) in [6, 6.07) is 5.41. The van der Waals surface area contributed by atoms with Crippen LogP contribution in [0.4, 0.5) is 0 Å². The molecule has 0 saturated heterocycles. The lowest BCUT2D eigenvalue weighted by molar-refractivity contribution is -0.120. The molecule has 3 N–H and O–H groups in total. The van der Waals surface area contributed by atoms with Gasteiger partial charge in [-0.3, -0.25) is 9.59 Å². The maximum absolute atomic E-state index is 12.6. The molecule has 2 rings (SSSR count). The van der Waals surface area contributed by atoms with E-state index in [0.29, 0.717) is 34.1 Å². The molecule has 2 unspecified atom stereocenters. The van der Waals surface area contributed by atoms with E-state index in [9.17, 15) is 14.9 Å². The van der Waals surface area contributed by atoms with Gasteiger partial charge in [-0.1, -0.05) is 19.8 Å². The summed E-state index contributed by atoms with van der Waals surface area (Å²) in [5.41, 5.74) is 5.75. The average Bonchev–Trinajstić information content (AvgIpc) is 2.67. The lowest BCUT2D eigenvalue weighted by atomic mass is 9.86. The molecule has 2 amide bonds. The fourth-order valence-electron chi connectivity index (χ4n) is 3.31. The van der Waals surface area contributed by atoms with Gasteiger partial charge in [0.2, 0.25) is 0 Å². The molecule has 8 heteroatoms. The number of rotatable bonds is 8. The van der Waals surface area contributed by atoms with Crippen molar-refractivity contribution in [3.8, 4) is 17.6 Å². The molecule has 1 aliphatic rings. The van der Waals surface area contributed by atoms with Crippen LogP contribution in [0.2, 0.25) is 0 Å². The molecule has 156 valence electrons. The smallest absolute Gasteiger partial charge is 0.262 e. The molecule has 1 aliphatic carbocycles. The van der Waals surface area contributed by atoms with Gasteiger partial charge < -0.3 is 20.5 Å². The Morgan fingerprint density at radius 3 is 2.69 bits per heavy atom. The van der Waals surface area contributed by atoms with E-state index < -0.39 is 5.91 Å². The van der Waals surface area contributed by atoms with E-state index in [1.165, 1.54) is 12.5 Å². The first-order valence-corrected chi connectivity index (χ1v) is 10.4. The normalized spacial score (nSPS) is 19.2. The molecule has 1 fully saturated rings. The zero-order valence-corrected chi connectivity index (χ0v) is 18.3. The number of nitrogens with two attached hydrogens (primary N) is 1. The van der Waals surface area contributed by atoms with Crippen molar-refractivity contribution in [1.29, 1.82) is 5.26 Å². The number of nitrogens with zero attached hydrogens (tertiary/aromatic N) is 1. The first kappa shape index (κ1) is 22.8. The Morgan fingerprint density at radius 2 is 2.07 bits per heavy atom. The Kier molecular flexibility index (Phi) is 8.52. The molecule has 0 radical (unpaired) electrons. The van der Waals surface area contributed by atoms with Crippen molar-refractivity contribution >= 4 is 33.8 Å². The highest BCUT2D eigenvalue weighted by Gasteiger charge is 2.24. The molecular formula is C21H26BrN3O4. The Bertz CT molecular complexity index is 832. The van der Waals surface area contributed by atoms with Gasteiger partial charge in [-0.15, -0.1) is 0 Å². The predicted molar refractivity (Wildman–Crippen MR) is 113 cm³/mol. The topological polar surface area (TPSA) is 114 Å². The molecule has 0 aromatic heterocycles. The SMILES string of the molecule is CCOc1cc(/C=C(\C#N)C(=O)NC2CCCCC2C)cc(Br)c1OCC(N)=O. The first-order valence-electron chi connectivity index (χ1n) is 9.65. The number of amides is 2. The number of nitrogens with one attached hydrogen (secondary N) is 1. The van der Waals surface area contributed by atoms with Crippen LogP contribution >= 0.6 is 15.9 Å². The van der Waals surface area contributed by atoms with Crippen LogP contribution in [0.5, 0.6) is 11.5 Å². The fraction of sp³-hybridized carbons (Fsp3) is 0.476. The minimum absolute atomic E-state index is 0.0166. The van der Waals surface area contributed by atoms with Crippen LogP contribution in [-0.4, -0.2) is 31.1 Å². The number of benzene rings is 1. The van der Waals surface area contributed by atoms with Gasteiger partial charge >= 0.3 is 0 Å². The van der Waals surface area contributed by atoms with Crippen molar-refractivity contribution in [2.45, 2.75) is 45.6 Å². The number of halogens is 1. The summed E-state index contributed by atoms with van der Waals surface area (Å²) in [7, 11) is 0. The van der Waals surface area contributed by atoms with Crippen molar-refractivity contribution in [2.24, 2.45) is 11.7 Å². The van der Waals surface area contributed by atoms with Crippen LogP contribution in [0.15, 0.2) is 22.2 Å². The van der Waals surface area contributed by atoms with E-state index >= 15 is 0 Å². The number of hydrogen-bond donors (Lipinski definition) is 2. The van der Waals surface area contributed by atoms with E-state index in [1.54, 1.807) is 12.1 Å². The third-order valence-electron chi connectivity index (χ3n) is 4.79. The van der Waals surface area contributed by atoms with Crippen LogP contribution in [0.25, 0.3) is 6.08 Å². The highest BCUT2D eigenvalue weighted by Crippen LogP contribution is 2.37. The van der Waals surface area contributed by atoms with E-state index in [-0.39, 0.29) is 24.1 Å². The molecule has 2 atom stereocenters. The van der Waals surface area contributed by atoms with Crippen molar-refractivity contribution in [3.05, 3.63) is 27.7 Å². The summed E-state index contributed by atoms with van der Waals surface area (Å²) in [5.74, 6) is 0.126. The minimum atomic E-state index is -0.608. The van der Waals surface area contributed by atoms with Crippen LogP contribution < -0.4 is 20.5 Å². The lowest BCUT2D eigenvalue weighted by Crippen LogP contribution is -2.41. The quantitative estimate of drug-likeness (QED) is 0.453. The molecule has 7 nitrogen and oxygen atoms in total. The number of primary amides is 1. The van der Waals surface area contributed by atoms with E-state index in [4.69, 9.17) is 15.2 Å². The van der Waals surface area contributed by atoms with Crippen molar-refractivity contribution in [2.75, 3.05) is 13.2 Å². The van der Waals surface area contributed by atoms with Crippen LogP contribution in [0.3, 0.4) is 0 Å². The van der Waals surface area contributed by atoms with Gasteiger partial charge in [0.1, 0.15) is 11.6 Å². The van der Waals surface area contributed by atoms with E-state index in [2.05, 4.69) is 28.2 Å². The highest BCUT2D eigenvalue weighted by molar-refractivity contribution is 9.10. The standard InChI is InChI=1S/C21H26BrN3O4/c1-3-28-18-10-14(9-16(22)20(18)29-12-19(24)26)8-15(11-23)21(27)25-17-7-5-4-6-13(17)2/h8-10,13,17H,3-7,12H2,1-2H3,(H2,24,26)(H,25,27)/b15-8+. The zero-order chi connectivity index (χ0) is 21.4. The molecule has 29 heavy (non-hydrogen) atoms. The largest absolute Gasteiger partial charge is 0.490 e. The van der Waals surface area contributed by atoms with Gasteiger partial charge in [0.15, 0.2) is 18.1 Å². The summed E-state index contributed by atoms with van der Waals surface area (Å²) < 4.78 is 11.5. The van der Waals surface area contributed by atoms with Crippen molar-refractivity contribution < 1.29 is 19.1 Å². The number of ether oxygens (including phenoxy) is 2. The van der Waals surface area contributed by atoms with E-state index in [0.717, 1.165) is 19.3 Å². The van der Waals surface area contributed by atoms with Gasteiger partial charge in [0, 0.05) is 6.04 Å². The van der Waals surface area contributed by atoms with Crippen LogP contribution in [0, 0.1) is 17.2 Å². The summed E-state index contributed by atoms with van der Waals surface area (Å²) in [6.07, 6.45) is 5.77. The van der Waals surface area contributed by atoms with Crippen LogP contribution in [-0.2, 0) is 9.59 Å². The second-order valence-corrected chi connectivity index (χ2v) is 7.88. The summed E-state index contributed by atoms with van der Waals surface area (Å²) in [6.45, 7) is 4.01. The fourth-order valence-corrected chi connectivity index (χ4v) is 3.88. The second-order valence-electron chi connectivity index (χ2n) is 7.03. The average molecular weight is 464 g/mol. The summed E-state index contributed by atoms with van der Waals surface area (Å²) >= 11 is 3.38. The predicted octanol–water partition coefficient (Wildman–Crippen LogP) is 3.31. The number of hydrogen-bond acceptors (Lipinski definition) is 5. The Morgan fingerprint density at radius 1 is 1.34 bits per heavy atom. The Hall–Kier alpha value is -2.53. The zero-order valence-electron chi connectivity index (χ0n) is 16.7. The highest BCUT2D eigenvalue weighted by atomic mass is 79.9. The van der Waals surface area contributed by atoms with Gasteiger partial charge in [-0.05, 0) is 65.4 Å². The number of carbonyl (C=O) groups is 2. The monoisotopic (exact) mass is 463 g/mol. The van der Waals surface area contributed by atoms with Gasteiger partial charge in [-0.2, -0.15) is 5.26 Å². The molecule has 1 aromatic carbocycles. The molecule has 0 heterocycles. The lowest BCUT2D eigenvalue weighted by Gasteiger charge is -2.29. The summed E-state index contributed by atoms with van der Waals surface area (Å²) in [5, 5.41) is 12.5. The molecule has 0 bridgehead atoms. The van der Waals surface area contributed by atoms with Crippen molar-refractivity contribution in [3.63, 3.8) is 0 Å². The Balaban J connectivity index is 2.26. The third-order valence-corrected chi connectivity index (χ3v) is 5.38. The van der Waals surface area contributed by atoms with Crippen LogP contribution in [0.1, 0.15) is 45.1 Å². The van der Waals surface area contributed by atoms with Gasteiger partial charge in [0.25, 0.3) is 11.8 Å². The van der Waals surface area contributed by atoms with Gasteiger partial charge in [-0.25, -0.2) is 0 Å². The third kappa shape index (κ3) is 6.50. The molecule has 1 saturated carbocycles. The van der Waals surface area contributed by atoms with Crippen molar-refractivity contribution in [1.82, 2.24) is 5.32 Å². The first-order chi connectivity index (χ1) is 13.8. The molecular weight excluding hydrogens is 438 g/mol. The maximum Gasteiger partial charge on any atom is 0.262 e. The Labute approximate surface area is 179 Å². The van der Waals surface area contributed by atoms with Gasteiger partial charge in [0.05, 0.1) is 11.1 Å². The maximum atomic E-state index is 12.6. The number of carbonyl (C=O) groups excluding carboxylic acids is 2. The summed E-state index contributed by atoms with van der Waals surface area (Å²) in [4.78, 5) is 23.6. The molecule has 1 aromatic rings. The second kappa shape index (κ2) is 10.9. The molecule has 0 spiro atoms. The number of nitriles is 1.